The summed E-state index contributed by atoms with van der Waals surface area (Å²) in [6.45, 7) is 0. The zero-order chi connectivity index (χ0) is 14.2. The predicted molar refractivity (Wildman–Crippen MR) is 84.0 cm³/mol. The Morgan fingerprint density at radius 1 is 1.00 bits per heavy atom. The molecular formula is C16H10ClN3O. The topological polar surface area (TPSA) is 51.0 Å². The molecule has 1 N–H and O–H groups in total. The van der Waals surface area contributed by atoms with Crippen LogP contribution >= 0.6 is 11.6 Å². The van der Waals surface area contributed by atoms with Gasteiger partial charge in [0.25, 0.3) is 0 Å². The molecule has 0 aliphatic rings. The van der Waals surface area contributed by atoms with Gasteiger partial charge < -0.3 is 9.73 Å². The molecule has 0 spiro atoms. The van der Waals surface area contributed by atoms with Gasteiger partial charge in [0.1, 0.15) is 5.58 Å². The maximum absolute atomic E-state index is 5.91. The van der Waals surface area contributed by atoms with E-state index in [1.807, 2.05) is 36.4 Å². The number of hydrogen-bond acceptors (Lipinski definition) is 4. The van der Waals surface area contributed by atoms with Gasteiger partial charge >= 0.3 is 0 Å². The average Bonchev–Trinajstić information content (AvgIpc) is 2.98. The van der Waals surface area contributed by atoms with Gasteiger partial charge in [0.2, 0.25) is 0 Å². The summed E-state index contributed by atoms with van der Waals surface area (Å²) in [6.07, 6.45) is 5.15. The second-order valence-corrected chi connectivity index (χ2v) is 5.09. The Kier molecular flexibility index (Phi) is 2.75. The first-order valence-electron chi connectivity index (χ1n) is 6.45. The van der Waals surface area contributed by atoms with Crippen molar-refractivity contribution in [3.05, 3.63) is 60.1 Å². The van der Waals surface area contributed by atoms with Crippen LogP contribution in [-0.4, -0.2) is 9.97 Å². The normalized spacial score (nSPS) is 11.1. The molecular weight excluding hydrogens is 286 g/mol. The van der Waals surface area contributed by atoms with Crippen LogP contribution in [0.25, 0.3) is 22.0 Å². The number of nitrogens with one attached hydrogen (secondary N) is 1. The molecule has 0 saturated heterocycles. The Labute approximate surface area is 125 Å². The van der Waals surface area contributed by atoms with Crippen LogP contribution in [0.5, 0.6) is 0 Å². The molecule has 5 heteroatoms. The number of rotatable bonds is 2. The molecule has 4 rings (SSSR count). The van der Waals surface area contributed by atoms with Crippen LogP contribution in [0.1, 0.15) is 0 Å². The molecule has 4 aromatic rings. The number of hydrogen-bond donors (Lipinski definition) is 1. The Hall–Kier alpha value is -2.59. The molecule has 0 bridgehead atoms. The molecule has 0 aliphatic carbocycles. The van der Waals surface area contributed by atoms with E-state index in [0.29, 0.717) is 10.7 Å². The summed E-state index contributed by atoms with van der Waals surface area (Å²) in [7, 11) is 0. The number of aromatic nitrogens is 2. The lowest BCUT2D eigenvalue weighted by Gasteiger charge is -2.09. The highest BCUT2D eigenvalue weighted by molar-refractivity contribution is 6.30. The molecule has 102 valence electrons. The van der Waals surface area contributed by atoms with Crippen LogP contribution in [0.4, 0.5) is 11.4 Å². The van der Waals surface area contributed by atoms with E-state index in [0.717, 1.165) is 27.7 Å². The molecule has 0 fully saturated rings. The fourth-order valence-electron chi connectivity index (χ4n) is 2.32. The van der Waals surface area contributed by atoms with Gasteiger partial charge in [-0.1, -0.05) is 11.6 Å². The van der Waals surface area contributed by atoms with E-state index in [1.165, 1.54) is 0 Å². The van der Waals surface area contributed by atoms with Crippen molar-refractivity contribution in [2.24, 2.45) is 0 Å². The van der Waals surface area contributed by atoms with E-state index in [1.54, 1.807) is 18.7 Å². The maximum atomic E-state index is 5.91. The summed E-state index contributed by atoms with van der Waals surface area (Å²) in [4.78, 5) is 8.66. The Bertz CT molecular complexity index is 931. The van der Waals surface area contributed by atoms with Gasteiger partial charge in [-0.3, -0.25) is 0 Å². The van der Waals surface area contributed by atoms with Crippen LogP contribution in [0.3, 0.4) is 0 Å². The largest absolute Gasteiger partial charge is 0.463 e. The minimum atomic E-state index is 0.649. The molecule has 1 aromatic carbocycles. The minimum Gasteiger partial charge on any atom is -0.463 e. The predicted octanol–water partition coefficient (Wildman–Crippen LogP) is 4.77. The van der Waals surface area contributed by atoms with Crippen molar-refractivity contribution in [1.29, 1.82) is 0 Å². The number of furan rings is 1. The lowest BCUT2D eigenvalue weighted by atomic mass is 10.2. The van der Waals surface area contributed by atoms with Crippen molar-refractivity contribution in [3.63, 3.8) is 0 Å². The second-order valence-electron chi connectivity index (χ2n) is 4.65. The number of pyridine rings is 2. The van der Waals surface area contributed by atoms with Crippen molar-refractivity contribution in [2.75, 3.05) is 5.32 Å². The molecule has 0 atom stereocenters. The summed E-state index contributed by atoms with van der Waals surface area (Å²) in [5.74, 6) is 0. The molecule has 3 heterocycles. The van der Waals surface area contributed by atoms with Gasteiger partial charge in [0.05, 0.1) is 17.3 Å². The van der Waals surface area contributed by atoms with E-state index < -0.39 is 0 Å². The van der Waals surface area contributed by atoms with Gasteiger partial charge in [0, 0.05) is 28.5 Å². The third-order valence-corrected chi connectivity index (χ3v) is 3.55. The first kappa shape index (κ1) is 12.2. The van der Waals surface area contributed by atoms with E-state index >= 15 is 0 Å². The van der Waals surface area contributed by atoms with Crippen LogP contribution < -0.4 is 5.32 Å². The number of fused-ring (bicyclic) bond motifs is 3. The van der Waals surface area contributed by atoms with Gasteiger partial charge in [0.15, 0.2) is 5.65 Å². The monoisotopic (exact) mass is 295 g/mol. The first-order chi connectivity index (χ1) is 10.3. The smallest absolute Gasteiger partial charge is 0.165 e. The minimum absolute atomic E-state index is 0.649. The molecule has 4 nitrogen and oxygen atoms in total. The van der Waals surface area contributed by atoms with Gasteiger partial charge in [-0.05, 0) is 36.4 Å². The quantitative estimate of drug-likeness (QED) is 0.578. The lowest BCUT2D eigenvalue weighted by Crippen LogP contribution is -1.94. The fraction of sp³-hybridized carbons (Fsp3) is 0. The van der Waals surface area contributed by atoms with Crippen molar-refractivity contribution < 1.29 is 4.42 Å². The summed E-state index contributed by atoms with van der Waals surface area (Å²) >= 11 is 5.91. The molecule has 0 amide bonds. The molecule has 0 unspecified atom stereocenters. The standard InChI is InChI=1S/C16H10ClN3O/c17-11-1-3-12(4-2-11)20-13-5-7-18-16-14(13)15-10(9-19-16)6-8-21-15/h1-9H,(H,18,19,20). The Balaban J connectivity index is 1.91. The van der Waals surface area contributed by atoms with Crippen LogP contribution in [-0.2, 0) is 0 Å². The van der Waals surface area contributed by atoms with Crippen molar-refractivity contribution in [2.45, 2.75) is 0 Å². The zero-order valence-corrected chi connectivity index (χ0v) is 11.6. The molecule has 21 heavy (non-hydrogen) atoms. The van der Waals surface area contributed by atoms with Crippen LogP contribution in [0.15, 0.2) is 59.5 Å². The van der Waals surface area contributed by atoms with Crippen molar-refractivity contribution >= 4 is 45.0 Å². The van der Waals surface area contributed by atoms with E-state index in [4.69, 9.17) is 16.0 Å². The highest BCUT2D eigenvalue weighted by Gasteiger charge is 2.10. The summed E-state index contributed by atoms with van der Waals surface area (Å²) in [6, 6.07) is 11.3. The van der Waals surface area contributed by atoms with Gasteiger partial charge in [-0.15, -0.1) is 0 Å². The molecule has 0 saturated carbocycles. The Morgan fingerprint density at radius 3 is 2.71 bits per heavy atom. The number of benzene rings is 1. The number of nitrogens with zero attached hydrogens (tertiary/aromatic N) is 2. The fourth-order valence-corrected chi connectivity index (χ4v) is 2.45. The van der Waals surface area contributed by atoms with Crippen LogP contribution in [0.2, 0.25) is 5.02 Å². The van der Waals surface area contributed by atoms with Crippen molar-refractivity contribution in [3.8, 4) is 0 Å². The highest BCUT2D eigenvalue weighted by atomic mass is 35.5. The number of anilines is 2. The second kappa shape index (κ2) is 4.75. The number of halogens is 1. The lowest BCUT2D eigenvalue weighted by molar-refractivity contribution is 0.619. The van der Waals surface area contributed by atoms with E-state index in [-0.39, 0.29) is 0 Å². The highest BCUT2D eigenvalue weighted by Crippen LogP contribution is 2.31. The molecule has 0 aliphatic heterocycles. The third kappa shape index (κ3) is 2.10. The Morgan fingerprint density at radius 2 is 1.86 bits per heavy atom. The zero-order valence-electron chi connectivity index (χ0n) is 10.9. The summed E-state index contributed by atoms with van der Waals surface area (Å²) in [5, 5.41) is 5.89. The summed E-state index contributed by atoms with van der Waals surface area (Å²) < 4.78 is 5.59. The van der Waals surface area contributed by atoms with E-state index in [2.05, 4.69) is 15.3 Å². The first-order valence-corrected chi connectivity index (χ1v) is 6.82. The SMILES string of the molecule is Clc1ccc(Nc2ccnc3ncc4ccoc4c23)cc1. The molecule has 0 radical (unpaired) electrons. The van der Waals surface area contributed by atoms with Crippen molar-refractivity contribution in [1.82, 2.24) is 9.97 Å². The van der Waals surface area contributed by atoms with Gasteiger partial charge in [-0.2, -0.15) is 0 Å². The molecule has 3 aromatic heterocycles. The summed E-state index contributed by atoms with van der Waals surface area (Å²) in [5.41, 5.74) is 3.27. The maximum Gasteiger partial charge on any atom is 0.165 e. The third-order valence-electron chi connectivity index (χ3n) is 3.30. The van der Waals surface area contributed by atoms with Gasteiger partial charge in [-0.25, -0.2) is 9.97 Å². The van der Waals surface area contributed by atoms with E-state index in [9.17, 15) is 0 Å². The average molecular weight is 296 g/mol. The van der Waals surface area contributed by atoms with Crippen LogP contribution in [0, 0.1) is 0 Å².